The van der Waals surface area contributed by atoms with Crippen LogP contribution in [0, 0.1) is 4.77 Å². The van der Waals surface area contributed by atoms with E-state index in [1.165, 1.54) is 0 Å². The third kappa shape index (κ3) is 2.48. The summed E-state index contributed by atoms with van der Waals surface area (Å²) in [5, 5.41) is 15.9. The van der Waals surface area contributed by atoms with Gasteiger partial charge in [-0.3, -0.25) is 9.67 Å². The van der Waals surface area contributed by atoms with Crippen molar-refractivity contribution in [1.82, 2.24) is 14.8 Å². The van der Waals surface area contributed by atoms with Crippen molar-refractivity contribution in [3.8, 4) is 0 Å². The number of aromatic amines is 1. The molecule has 0 fully saturated rings. The lowest BCUT2D eigenvalue weighted by Crippen LogP contribution is -2.11. The highest BCUT2D eigenvalue weighted by Crippen LogP contribution is 2.22. The minimum atomic E-state index is -0.133. The Morgan fingerprint density at radius 3 is 3.00 bits per heavy atom. The van der Waals surface area contributed by atoms with Crippen molar-refractivity contribution >= 4 is 28.1 Å². The van der Waals surface area contributed by atoms with Crippen LogP contribution in [0.2, 0.25) is 0 Å². The Bertz CT molecular complexity index is 578. The molecule has 1 aromatic heterocycles. The molecule has 6 heteroatoms. The van der Waals surface area contributed by atoms with Crippen LogP contribution in [0.25, 0.3) is 0 Å². The van der Waals surface area contributed by atoms with Gasteiger partial charge in [-0.1, -0.05) is 28.1 Å². The highest BCUT2D eigenvalue weighted by atomic mass is 79.9. The van der Waals surface area contributed by atoms with E-state index in [4.69, 9.17) is 12.2 Å². The number of hydrogen-bond donors (Lipinski definition) is 2. The summed E-state index contributed by atoms with van der Waals surface area (Å²) in [6.07, 6.45) is 0. The summed E-state index contributed by atoms with van der Waals surface area (Å²) in [7, 11) is 0. The molecular formula is C11H12BrN3OS. The van der Waals surface area contributed by atoms with Crippen molar-refractivity contribution in [3.05, 3.63) is 44.9 Å². The molecule has 0 bridgehead atoms. The number of nitrogens with one attached hydrogen (secondary N) is 1. The number of H-pyrrole nitrogens is 1. The monoisotopic (exact) mass is 313 g/mol. The fourth-order valence-corrected chi connectivity index (χ4v) is 2.49. The molecule has 4 nitrogen and oxygen atoms in total. The fraction of sp³-hybridized carbons (Fsp3) is 0.273. The molecule has 0 aliphatic heterocycles. The van der Waals surface area contributed by atoms with Gasteiger partial charge in [-0.2, -0.15) is 5.10 Å². The number of benzene rings is 1. The molecule has 1 atom stereocenters. The van der Waals surface area contributed by atoms with Crippen molar-refractivity contribution in [2.45, 2.75) is 19.6 Å². The number of aliphatic hydroxyl groups is 1. The van der Waals surface area contributed by atoms with Crippen molar-refractivity contribution in [2.75, 3.05) is 0 Å². The first-order valence-corrected chi connectivity index (χ1v) is 6.35. The lowest BCUT2D eigenvalue weighted by atomic mass is 10.1. The van der Waals surface area contributed by atoms with Crippen molar-refractivity contribution < 1.29 is 5.11 Å². The topological polar surface area (TPSA) is 53.8 Å². The largest absolute Gasteiger partial charge is 0.388 e. The highest BCUT2D eigenvalue weighted by molar-refractivity contribution is 9.10. The van der Waals surface area contributed by atoms with Gasteiger partial charge in [-0.15, -0.1) is 0 Å². The predicted molar refractivity (Wildman–Crippen MR) is 71.3 cm³/mol. The summed E-state index contributed by atoms with van der Waals surface area (Å²) >= 11 is 8.61. The Morgan fingerprint density at radius 2 is 2.35 bits per heavy atom. The molecule has 17 heavy (non-hydrogen) atoms. The highest BCUT2D eigenvalue weighted by Gasteiger charge is 2.14. The van der Waals surface area contributed by atoms with Crippen LogP contribution in [0.1, 0.15) is 24.4 Å². The molecule has 1 heterocycles. The van der Waals surface area contributed by atoms with Crippen molar-refractivity contribution in [1.29, 1.82) is 0 Å². The van der Waals surface area contributed by atoms with E-state index in [0.29, 0.717) is 10.6 Å². The molecule has 90 valence electrons. The average molecular weight is 314 g/mol. The Kier molecular flexibility index (Phi) is 3.76. The summed E-state index contributed by atoms with van der Waals surface area (Å²) in [6, 6.07) is 8.02. The maximum absolute atomic E-state index is 9.22. The predicted octanol–water partition coefficient (Wildman–Crippen LogP) is 2.80. The minimum absolute atomic E-state index is 0.0286. The van der Waals surface area contributed by atoms with Gasteiger partial charge in [0.2, 0.25) is 0 Å². The second-order valence-electron chi connectivity index (χ2n) is 3.70. The van der Waals surface area contributed by atoms with Crippen LogP contribution in [0.3, 0.4) is 0 Å². The van der Waals surface area contributed by atoms with E-state index in [0.717, 1.165) is 10.0 Å². The second-order valence-corrected chi connectivity index (χ2v) is 5.01. The number of aliphatic hydroxyl groups excluding tert-OH is 1. The average Bonchev–Trinajstić information content (AvgIpc) is 2.69. The van der Waals surface area contributed by atoms with Gasteiger partial charge in [0.25, 0.3) is 0 Å². The lowest BCUT2D eigenvalue weighted by molar-refractivity contribution is 0.263. The van der Waals surface area contributed by atoms with Crippen LogP contribution in [-0.4, -0.2) is 19.9 Å². The molecule has 0 saturated heterocycles. The minimum Gasteiger partial charge on any atom is -0.388 e. The van der Waals surface area contributed by atoms with Gasteiger partial charge in [0.15, 0.2) is 10.6 Å². The molecule has 1 aromatic carbocycles. The first-order valence-electron chi connectivity index (χ1n) is 5.15. The van der Waals surface area contributed by atoms with Gasteiger partial charge in [0.1, 0.15) is 6.61 Å². The van der Waals surface area contributed by atoms with Crippen molar-refractivity contribution in [3.63, 3.8) is 0 Å². The zero-order valence-electron chi connectivity index (χ0n) is 9.22. The molecule has 2 N–H and O–H groups in total. The number of aromatic nitrogens is 3. The van der Waals surface area contributed by atoms with E-state index < -0.39 is 0 Å². The maximum atomic E-state index is 9.22. The van der Waals surface area contributed by atoms with Crippen LogP contribution in [-0.2, 0) is 6.61 Å². The molecule has 0 aliphatic rings. The number of hydrogen-bond acceptors (Lipinski definition) is 3. The third-order valence-electron chi connectivity index (χ3n) is 2.64. The number of halogens is 1. The molecule has 0 spiro atoms. The van der Waals surface area contributed by atoms with Crippen LogP contribution < -0.4 is 0 Å². The Hall–Kier alpha value is -0.980. The molecule has 0 amide bonds. The van der Waals surface area contributed by atoms with Crippen molar-refractivity contribution in [2.24, 2.45) is 0 Å². The summed E-state index contributed by atoms with van der Waals surface area (Å²) in [6.45, 7) is 1.89. The smallest absolute Gasteiger partial charge is 0.195 e. The number of rotatable bonds is 3. The van der Waals surface area contributed by atoms with E-state index in [9.17, 15) is 5.11 Å². The Balaban J connectivity index is 2.46. The standard InChI is InChI=1S/C11H12BrN3OS/c1-7(8-3-2-4-9(12)5-8)15-10(6-16)13-14-11(15)17/h2-5,7,16H,6H2,1H3,(H,14,17). The zero-order valence-corrected chi connectivity index (χ0v) is 11.6. The molecule has 1 unspecified atom stereocenters. The van der Waals surface area contributed by atoms with Gasteiger partial charge in [-0.25, -0.2) is 0 Å². The van der Waals surface area contributed by atoms with Gasteiger partial charge in [0.05, 0.1) is 6.04 Å². The third-order valence-corrected chi connectivity index (χ3v) is 3.42. The molecule has 0 radical (unpaired) electrons. The SMILES string of the molecule is CC(c1cccc(Br)c1)n1c(CO)n[nH]c1=S. The molecular weight excluding hydrogens is 302 g/mol. The second kappa shape index (κ2) is 5.12. The Morgan fingerprint density at radius 1 is 1.59 bits per heavy atom. The molecule has 0 aliphatic carbocycles. The number of nitrogens with zero attached hydrogens (tertiary/aromatic N) is 2. The summed E-state index contributed by atoms with van der Waals surface area (Å²) in [4.78, 5) is 0. The first-order chi connectivity index (χ1) is 8.13. The molecule has 2 aromatic rings. The summed E-state index contributed by atoms with van der Waals surface area (Å²) < 4.78 is 3.35. The van der Waals surface area contributed by atoms with E-state index in [2.05, 4.69) is 26.1 Å². The van der Waals surface area contributed by atoms with E-state index in [1.807, 2.05) is 35.8 Å². The first kappa shape index (κ1) is 12.5. The molecule has 0 saturated carbocycles. The zero-order chi connectivity index (χ0) is 12.4. The quantitative estimate of drug-likeness (QED) is 0.857. The lowest BCUT2D eigenvalue weighted by Gasteiger charge is -2.15. The van der Waals surface area contributed by atoms with E-state index in [-0.39, 0.29) is 12.6 Å². The Labute approximate surface area is 112 Å². The molecule has 2 rings (SSSR count). The fourth-order valence-electron chi connectivity index (χ4n) is 1.76. The maximum Gasteiger partial charge on any atom is 0.195 e. The van der Waals surface area contributed by atoms with Gasteiger partial charge < -0.3 is 5.11 Å². The summed E-state index contributed by atoms with van der Waals surface area (Å²) in [5.74, 6) is 0.544. The van der Waals surface area contributed by atoms with Crippen LogP contribution in [0.4, 0.5) is 0 Å². The van der Waals surface area contributed by atoms with Crippen LogP contribution in [0.15, 0.2) is 28.7 Å². The van der Waals surface area contributed by atoms with E-state index in [1.54, 1.807) is 0 Å². The van der Waals surface area contributed by atoms with Crippen LogP contribution in [0.5, 0.6) is 0 Å². The van der Waals surface area contributed by atoms with Gasteiger partial charge in [-0.05, 0) is 36.8 Å². The summed E-state index contributed by atoms with van der Waals surface area (Å²) in [5.41, 5.74) is 1.10. The normalized spacial score (nSPS) is 12.6. The van der Waals surface area contributed by atoms with Crippen LogP contribution >= 0.6 is 28.1 Å². The van der Waals surface area contributed by atoms with Gasteiger partial charge >= 0.3 is 0 Å². The van der Waals surface area contributed by atoms with Gasteiger partial charge in [0, 0.05) is 4.47 Å². The van der Waals surface area contributed by atoms with E-state index >= 15 is 0 Å².